The second-order valence-corrected chi connectivity index (χ2v) is 3.92. The number of ether oxygens (including phenoxy) is 1. The number of hydrogen-bond donors (Lipinski definition) is 1. The zero-order valence-electron chi connectivity index (χ0n) is 7.79. The molecule has 0 amide bonds. The topological polar surface area (TPSA) is 41.8 Å². The summed E-state index contributed by atoms with van der Waals surface area (Å²) in [5, 5.41) is 9.66. The molecule has 1 N–H and O–H groups in total. The van der Waals surface area contributed by atoms with Crippen molar-refractivity contribution in [1.29, 1.82) is 0 Å². The number of aliphatic hydroxyl groups is 1. The molecule has 0 spiro atoms. The maximum Gasteiger partial charge on any atom is 0.211 e. The van der Waals surface area contributed by atoms with Gasteiger partial charge in [-0.15, -0.1) is 0 Å². The molecule has 0 aromatic carbocycles. The lowest BCUT2D eigenvalue weighted by atomic mass is 9.95. The van der Waals surface area contributed by atoms with E-state index in [1.165, 1.54) is 6.08 Å². The fourth-order valence-electron chi connectivity index (χ4n) is 1.51. The van der Waals surface area contributed by atoms with Crippen LogP contribution in [0.5, 0.6) is 0 Å². The Hall–Kier alpha value is -0.830. The van der Waals surface area contributed by atoms with Crippen LogP contribution < -0.4 is 0 Å². The van der Waals surface area contributed by atoms with Crippen LogP contribution >= 0.6 is 0 Å². The van der Waals surface area contributed by atoms with Crippen molar-refractivity contribution < 1.29 is 9.84 Å². The van der Waals surface area contributed by atoms with Crippen molar-refractivity contribution in [2.45, 2.75) is 38.5 Å². The minimum atomic E-state index is -1.12. The number of aliphatic imine (C=N–C) groups is 1. The molecule has 0 radical (unpaired) electrons. The first kappa shape index (κ1) is 9.26. The molecule has 0 aromatic heterocycles. The molecular weight excluding hydrogens is 154 g/mol. The summed E-state index contributed by atoms with van der Waals surface area (Å²) in [6, 6.07) is 0. The summed E-state index contributed by atoms with van der Waals surface area (Å²) in [5.74, 6) is -0.703. The molecule has 1 heterocycles. The highest BCUT2D eigenvalue weighted by molar-refractivity contribution is 5.88. The fourth-order valence-corrected chi connectivity index (χ4v) is 1.51. The second kappa shape index (κ2) is 2.59. The fraction of sp³-hybridized carbons (Fsp3) is 0.667. The van der Waals surface area contributed by atoms with Gasteiger partial charge >= 0.3 is 0 Å². The van der Waals surface area contributed by atoms with E-state index in [1.54, 1.807) is 6.92 Å². The van der Waals surface area contributed by atoms with Crippen LogP contribution in [0, 0.1) is 0 Å². The molecule has 1 aliphatic heterocycles. The summed E-state index contributed by atoms with van der Waals surface area (Å²) in [6.45, 7) is 9.08. The van der Waals surface area contributed by atoms with Crippen LogP contribution in [0.4, 0.5) is 0 Å². The molecule has 68 valence electrons. The highest BCUT2D eigenvalue weighted by atomic mass is 16.6. The van der Waals surface area contributed by atoms with Gasteiger partial charge in [-0.2, -0.15) is 0 Å². The molecule has 3 heteroatoms. The molecule has 0 aliphatic carbocycles. The third-order valence-electron chi connectivity index (χ3n) is 1.67. The molecule has 1 unspecified atom stereocenters. The summed E-state index contributed by atoms with van der Waals surface area (Å²) in [4.78, 5) is 4.24. The van der Waals surface area contributed by atoms with E-state index in [0.29, 0.717) is 12.3 Å². The van der Waals surface area contributed by atoms with Gasteiger partial charge < -0.3 is 9.84 Å². The first-order valence-electron chi connectivity index (χ1n) is 3.98. The molecule has 0 saturated carbocycles. The van der Waals surface area contributed by atoms with Crippen LogP contribution in [0.3, 0.4) is 0 Å². The summed E-state index contributed by atoms with van der Waals surface area (Å²) in [5.41, 5.74) is -0.273. The predicted octanol–water partition coefficient (Wildman–Crippen LogP) is 1.48. The molecule has 12 heavy (non-hydrogen) atoms. The molecular formula is C9H15NO2. The summed E-state index contributed by atoms with van der Waals surface area (Å²) >= 11 is 0. The van der Waals surface area contributed by atoms with Crippen LogP contribution in [0.2, 0.25) is 0 Å². The summed E-state index contributed by atoms with van der Waals surface area (Å²) < 4.78 is 5.15. The first-order valence-corrected chi connectivity index (χ1v) is 3.98. The monoisotopic (exact) mass is 169 g/mol. The second-order valence-electron chi connectivity index (χ2n) is 3.92. The third kappa shape index (κ3) is 2.08. The third-order valence-corrected chi connectivity index (χ3v) is 1.67. The normalized spacial score (nSPS) is 33.5. The van der Waals surface area contributed by atoms with Gasteiger partial charge in [0.15, 0.2) is 0 Å². The van der Waals surface area contributed by atoms with E-state index in [1.807, 2.05) is 13.8 Å². The van der Waals surface area contributed by atoms with E-state index >= 15 is 0 Å². The van der Waals surface area contributed by atoms with Gasteiger partial charge in [0.1, 0.15) is 0 Å². The van der Waals surface area contributed by atoms with E-state index in [0.717, 1.165) is 0 Å². The lowest BCUT2D eigenvalue weighted by Crippen LogP contribution is -2.43. The quantitative estimate of drug-likeness (QED) is 0.646. The van der Waals surface area contributed by atoms with Gasteiger partial charge in [0.25, 0.3) is 0 Å². The Balaban J connectivity index is 2.93. The summed E-state index contributed by atoms with van der Waals surface area (Å²) in [6.07, 6.45) is 2.01. The smallest absolute Gasteiger partial charge is 0.211 e. The van der Waals surface area contributed by atoms with Gasteiger partial charge in [0.05, 0.1) is 5.54 Å². The Morgan fingerprint density at radius 1 is 1.58 bits per heavy atom. The Labute approximate surface area is 72.8 Å². The summed E-state index contributed by atoms with van der Waals surface area (Å²) in [7, 11) is 0. The lowest BCUT2D eigenvalue weighted by Gasteiger charge is -2.36. The van der Waals surface area contributed by atoms with Gasteiger partial charge in [0, 0.05) is 13.3 Å². The maximum absolute atomic E-state index is 9.66. The molecule has 1 rings (SSSR count). The standard InChI is InChI=1S/C9H15NO2/c1-5-7-10-8(2,3)6-9(4,11)12-7/h5,11H,1,6H2,2-4H3. The van der Waals surface area contributed by atoms with Crippen LogP contribution in [-0.2, 0) is 4.74 Å². The molecule has 0 saturated heterocycles. The average Bonchev–Trinajstić information content (AvgIpc) is 1.80. The van der Waals surface area contributed by atoms with E-state index in [4.69, 9.17) is 4.74 Å². The van der Waals surface area contributed by atoms with Crippen molar-refractivity contribution >= 4 is 5.90 Å². The van der Waals surface area contributed by atoms with Gasteiger partial charge in [-0.05, 0) is 19.9 Å². The van der Waals surface area contributed by atoms with Gasteiger partial charge in [-0.1, -0.05) is 6.58 Å². The largest absolute Gasteiger partial charge is 0.446 e. The van der Waals surface area contributed by atoms with E-state index in [-0.39, 0.29) is 5.54 Å². The van der Waals surface area contributed by atoms with Crippen LogP contribution in [-0.4, -0.2) is 22.3 Å². The zero-order chi connectivity index (χ0) is 9.41. The SMILES string of the molecule is C=CC1=NC(C)(C)CC(C)(O)O1. The van der Waals surface area contributed by atoms with Crippen molar-refractivity contribution in [3.8, 4) is 0 Å². The highest BCUT2D eigenvalue weighted by Gasteiger charge is 2.37. The van der Waals surface area contributed by atoms with E-state index in [9.17, 15) is 5.11 Å². The minimum absolute atomic E-state index is 0.273. The number of rotatable bonds is 1. The first-order chi connectivity index (χ1) is 5.35. The predicted molar refractivity (Wildman–Crippen MR) is 48.0 cm³/mol. The molecule has 1 atom stereocenters. The van der Waals surface area contributed by atoms with Crippen molar-refractivity contribution in [2.24, 2.45) is 4.99 Å². The molecule has 0 bridgehead atoms. The average molecular weight is 169 g/mol. The molecule has 0 fully saturated rings. The Bertz CT molecular complexity index is 229. The number of nitrogens with zero attached hydrogens (tertiary/aromatic N) is 1. The van der Waals surface area contributed by atoms with Gasteiger partial charge in [0.2, 0.25) is 11.7 Å². The number of hydrogen-bond acceptors (Lipinski definition) is 3. The molecule has 0 aromatic rings. The van der Waals surface area contributed by atoms with Crippen molar-refractivity contribution in [2.75, 3.05) is 0 Å². The van der Waals surface area contributed by atoms with Crippen molar-refractivity contribution in [3.63, 3.8) is 0 Å². The van der Waals surface area contributed by atoms with Crippen LogP contribution in [0.1, 0.15) is 27.2 Å². The zero-order valence-corrected chi connectivity index (χ0v) is 7.79. The van der Waals surface area contributed by atoms with Gasteiger partial charge in [-0.3, -0.25) is 0 Å². The minimum Gasteiger partial charge on any atom is -0.446 e. The highest BCUT2D eigenvalue weighted by Crippen LogP contribution is 2.29. The Morgan fingerprint density at radius 3 is 2.58 bits per heavy atom. The van der Waals surface area contributed by atoms with Crippen LogP contribution in [0.15, 0.2) is 17.6 Å². The van der Waals surface area contributed by atoms with Gasteiger partial charge in [-0.25, -0.2) is 4.99 Å². The Kier molecular flexibility index (Phi) is 2.00. The van der Waals surface area contributed by atoms with Crippen LogP contribution in [0.25, 0.3) is 0 Å². The van der Waals surface area contributed by atoms with E-state index in [2.05, 4.69) is 11.6 Å². The van der Waals surface area contributed by atoms with E-state index < -0.39 is 5.79 Å². The molecule has 1 aliphatic rings. The maximum atomic E-state index is 9.66. The molecule has 3 nitrogen and oxygen atoms in total. The van der Waals surface area contributed by atoms with Crippen molar-refractivity contribution in [1.82, 2.24) is 0 Å². The lowest BCUT2D eigenvalue weighted by molar-refractivity contribution is -0.153. The Morgan fingerprint density at radius 2 is 2.17 bits per heavy atom. The van der Waals surface area contributed by atoms with Crippen molar-refractivity contribution in [3.05, 3.63) is 12.7 Å².